The Bertz CT molecular complexity index is 1100. The number of benzene rings is 1. The minimum absolute atomic E-state index is 0.0747. The number of carbonyl (C=O) groups excluding carboxylic acids is 1. The van der Waals surface area contributed by atoms with E-state index in [1.165, 1.54) is 18.3 Å². The van der Waals surface area contributed by atoms with Crippen LogP contribution in [-0.2, 0) is 0 Å². The molecule has 0 unspecified atom stereocenters. The van der Waals surface area contributed by atoms with Crippen LogP contribution in [0.4, 0.5) is 5.69 Å². The Morgan fingerprint density at radius 3 is 2.67 bits per heavy atom. The van der Waals surface area contributed by atoms with Crippen LogP contribution in [0.1, 0.15) is 23.2 Å². The number of hydrogen-bond donors (Lipinski definition) is 2. The molecule has 0 saturated carbocycles. The van der Waals surface area contributed by atoms with Gasteiger partial charge in [0.15, 0.2) is 5.88 Å². The van der Waals surface area contributed by atoms with Crippen LogP contribution in [0.25, 0.3) is 22.2 Å². The highest BCUT2D eigenvalue weighted by Crippen LogP contribution is 2.37. The summed E-state index contributed by atoms with van der Waals surface area (Å²) in [6.45, 7) is 1.93. The molecule has 1 fully saturated rings. The zero-order chi connectivity index (χ0) is 21.4. The Labute approximate surface area is 173 Å². The Balaban J connectivity index is 1.61. The van der Waals surface area contributed by atoms with Crippen molar-refractivity contribution in [2.24, 2.45) is 0 Å². The van der Waals surface area contributed by atoms with Crippen LogP contribution in [-0.4, -0.2) is 68.9 Å². The fourth-order valence-electron chi connectivity index (χ4n) is 3.96. The van der Waals surface area contributed by atoms with E-state index in [4.69, 9.17) is 0 Å². The molecule has 1 aliphatic heterocycles. The number of nitro groups is 1. The van der Waals surface area contributed by atoms with E-state index in [1.807, 2.05) is 7.05 Å². The van der Waals surface area contributed by atoms with Crippen molar-refractivity contribution in [3.63, 3.8) is 0 Å². The van der Waals surface area contributed by atoms with Crippen LogP contribution < -0.4 is 0 Å². The number of likely N-dealkylation sites (tertiary alicyclic amines) is 1. The zero-order valence-corrected chi connectivity index (χ0v) is 16.8. The quantitative estimate of drug-likeness (QED) is 0.506. The largest absolute Gasteiger partial charge is 0.494 e. The number of fused-ring (bicyclic) bond motifs is 1. The Kier molecular flexibility index (Phi) is 5.13. The first kappa shape index (κ1) is 19.8. The van der Waals surface area contributed by atoms with E-state index in [1.54, 1.807) is 23.1 Å². The standard InChI is InChI=1S/C21H23N5O4/c1-24-9-7-14(8-10-24)25(2)21(28)13-3-5-18(22-12-13)19-16-11-15(26(29)30)4-6-17(16)23-20(19)27/h3-6,11-12,14,23,27H,7-10H2,1-2H3. The summed E-state index contributed by atoms with van der Waals surface area (Å²) in [5.41, 5.74) is 1.76. The van der Waals surface area contributed by atoms with Gasteiger partial charge in [-0.3, -0.25) is 19.9 Å². The number of aromatic amines is 1. The van der Waals surface area contributed by atoms with Gasteiger partial charge in [-0.1, -0.05) is 0 Å². The van der Waals surface area contributed by atoms with Crippen molar-refractivity contribution in [2.75, 3.05) is 27.2 Å². The number of nitro benzene ring substituents is 1. The van der Waals surface area contributed by atoms with Crippen molar-refractivity contribution < 1.29 is 14.8 Å². The molecule has 2 N–H and O–H groups in total. The fraction of sp³-hybridized carbons (Fsp3) is 0.333. The molecule has 0 radical (unpaired) electrons. The van der Waals surface area contributed by atoms with Crippen molar-refractivity contribution in [2.45, 2.75) is 18.9 Å². The molecule has 0 aliphatic carbocycles. The average molecular weight is 409 g/mol. The normalized spacial score (nSPS) is 15.4. The molecule has 1 aliphatic rings. The van der Waals surface area contributed by atoms with Gasteiger partial charge >= 0.3 is 0 Å². The molecule has 3 aromatic rings. The molecule has 9 heteroatoms. The number of pyridine rings is 1. The van der Waals surface area contributed by atoms with Crippen molar-refractivity contribution in [3.05, 3.63) is 52.2 Å². The lowest BCUT2D eigenvalue weighted by molar-refractivity contribution is -0.384. The van der Waals surface area contributed by atoms with Gasteiger partial charge in [0.25, 0.3) is 11.6 Å². The number of amides is 1. The predicted molar refractivity (Wildman–Crippen MR) is 112 cm³/mol. The molecule has 9 nitrogen and oxygen atoms in total. The first-order valence-corrected chi connectivity index (χ1v) is 9.76. The number of aromatic nitrogens is 2. The molecule has 0 atom stereocenters. The predicted octanol–water partition coefficient (Wildman–Crippen LogP) is 3.01. The molecular weight excluding hydrogens is 386 g/mol. The zero-order valence-electron chi connectivity index (χ0n) is 16.8. The van der Waals surface area contributed by atoms with Crippen molar-refractivity contribution in [1.29, 1.82) is 0 Å². The number of piperidine rings is 1. The molecule has 2 aromatic heterocycles. The van der Waals surface area contributed by atoms with Crippen molar-refractivity contribution in [1.82, 2.24) is 19.8 Å². The van der Waals surface area contributed by atoms with E-state index >= 15 is 0 Å². The number of carbonyl (C=O) groups is 1. The average Bonchev–Trinajstić information content (AvgIpc) is 3.08. The molecule has 0 bridgehead atoms. The van der Waals surface area contributed by atoms with Gasteiger partial charge in [0.1, 0.15) is 0 Å². The summed E-state index contributed by atoms with van der Waals surface area (Å²) in [4.78, 5) is 34.7. The number of hydrogen-bond acceptors (Lipinski definition) is 6. The van der Waals surface area contributed by atoms with Gasteiger partial charge in [-0.2, -0.15) is 0 Å². The second-order valence-electron chi connectivity index (χ2n) is 7.72. The summed E-state index contributed by atoms with van der Waals surface area (Å²) >= 11 is 0. The topological polar surface area (TPSA) is 116 Å². The summed E-state index contributed by atoms with van der Waals surface area (Å²) in [6, 6.07) is 7.84. The number of H-pyrrole nitrogens is 1. The molecule has 0 spiro atoms. The number of nitrogens with zero attached hydrogens (tertiary/aromatic N) is 4. The monoisotopic (exact) mass is 409 g/mol. The number of nitrogens with one attached hydrogen (secondary N) is 1. The van der Waals surface area contributed by atoms with Gasteiger partial charge in [-0.05, 0) is 51.2 Å². The molecule has 30 heavy (non-hydrogen) atoms. The smallest absolute Gasteiger partial charge is 0.270 e. The lowest BCUT2D eigenvalue weighted by Gasteiger charge is -2.35. The maximum atomic E-state index is 12.9. The van der Waals surface area contributed by atoms with E-state index in [2.05, 4.69) is 21.9 Å². The molecule has 1 saturated heterocycles. The summed E-state index contributed by atoms with van der Waals surface area (Å²) in [5, 5.41) is 21.9. The van der Waals surface area contributed by atoms with Crippen LogP contribution in [0.15, 0.2) is 36.5 Å². The number of rotatable bonds is 4. The van der Waals surface area contributed by atoms with E-state index in [9.17, 15) is 20.0 Å². The molecule has 156 valence electrons. The lowest BCUT2D eigenvalue weighted by Crippen LogP contribution is -2.44. The van der Waals surface area contributed by atoms with Crippen LogP contribution in [0.2, 0.25) is 0 Å². The van der Waals surface area contributed by atoms with Gasteiger partial charge in [0.2, 0.25) is 0 Å². The Hall–Kier alpha value is -3.46. The SMILES string of the molecule is CN1CCC(N(C)C(=O)c2ccc(-c3c(O)[nH]c4ccc([N+](=O)[O-])cc34)nc2)CC1. The summed E-state index contributed by atoms with van der Waals surface area (Å²) in [7, 11) is 3.90. The molecule has 1 amide bonds. The molecule has 1 aromatic carbocycles. The van der Waals surface area contributed by atoms with E-state index < -0.39 is 4.92 Å². The maximum absolute atomic E-state index is 12.9. The van der Waals surface area contributed by atoms with Crippen molar-refractivity contribution >= 4 is 22.5 Å². The van der Waals surface area contributed by atoms with Crippen molar-refractivity contribution in [3.8, 4) is 17.1 Å². The molecule has 3 heterocycles. The van der Waals surface area contributed by atoms with Gasteiger partial charge in [-0.15, -0.1) is 0 Å². The van der Waals surface area contributed by atoms with E-state index in [0.717, 1.165) is 25.9 Å². The summed E-state index contributed by atoms with van der Waals surface area (Å²) < 4.78 is 0. The minimum Gasteiger partial charge on any atom is -0.494 e. The Morgan fingerprint density at radius 2 is 2.03 bits per heavy atom. The number of non-ortho nitro benzene ring substituents is 1. The Morgan fingerprint density at radius 1 is 1.30 bits per heavy atom. The third-order valence-corrected chi connectivity index (χ3v) is 5.80. The highest BCUT2D eigenvalue weighted by molar-refractivity contribution is 6.00. The van der Waals surface area contributed by atoms with Crippen LogP contribution in [0.5, 0.6) is 5.88 Å². The summed E-state index contributed by atoms with van der Waals surface area (Å²) in [5.74, 6) is -0.220. The highest BCUT2D eigenvalue weighted by Gasteiger charge is 2.25. The first-order valence-electron chi connectivity index (χ1n) is 9.76. The second kappa shape index (κ2) is 7.75. The van der Waals surface area contributed by atoms with Gasteiger partial charge in [0.05, 0.1) is 21.7 Å². The molecule has 4 rings (SSSR count). The van der Waals surface area contributed by atoms with E-state index in [0.29, 0.717) is 27.7 Å². The third kappa shape index (κ3) is 3.59. The third-order valence-electron chi connectivity index (χ3n) is 5.80. The maximum Gasteiger partial charge on any atom is 0.270 e. The fourth-order valence-corrected chi connectivity index (χ4v) is 3.96. The second-order valence-corrected chi connectivity index (χ2v) is 7.72. The van der Waals surface area contributed by atoms with Crippen LogP contribution in [0.3, 0.4) is 0 Å². The van der Waals surface area contributed by atoms with Gasteiger partial charge < -0.3 is 19.9 Å². The molecular formula is C21H23N5O4. The summed E-state index contributed by atoms with van der Waals surface area (Å²) in [6.07, 6.45) is 3.36. The van der Waals surface area contributed by atoms with Gasteiger partial charge in [0, 0.05) is 42.3 Å². The van der Waals surface area contributed by atoms with Crippen LogP contribution in [0, 0.1) is 10.1 Å². The lowest BCUT2D eigenvalue weighted by atomic mass is 10.0. The van der Waals surface area contributed by atoms with E-state index in [-0.39, 0.29) is 23.5 Å². The number of aromatic hydroxyl groups is 1. The van der Waals surface area contributed by atoms with Gasteiger partial charge in [-0.25, -0.2) is 0 Å². The first-order chi connectivity index (χ1) is 14.3. The van der Waals surface area contributed by atoms with Crippen LogP contribution >= 0.6 is 0 Å². The highest BCUT2D eigenvalue weighted by atomic mass is 16.6. The minimum atomic E-state index is -0.485.